The molecule has 1 amide bonds. The van der Waals surface area contributed by atoms with Gasteiger partial charge in [0.2, 0.25) is 11.8 Å². The Kier molecular flexibility index (Phi) is 5.25. The molecule has 9 unspecified atom stereocenters. The molecule has 4 aliphatic carbocycles. The van der Waals surface area contributed by atoms with Crippen molar-refractivity contribution in [1.82, 2.24) is 4.90 Å². The molecule has 0 aromatic heterocycles. The summed E-state index contributed by atoms with van der Waals surface area (Å²) in [6.45, 7) is 5.26. The van der Waals surface area contributed by atoms with Crippen LogP contribution in [0.4, 0.5) is 8.78 Å². The third kappa shape index (κ3) is 3.29. The average Bonchev–Trinajstić information content (AvgIpc) is 3.09. The molecule has 1 saturated heterocycles. The van der Waals surface area contributed by atoms with Crippen molar-refractivity contribution in [3.8, 4) is 0 Å². The van der Waals surface area contributed by atoms with Gasteiger partial charge >= 0.3 is 0 Å². The highest BCUT2D eigenvalue weighted by Crippen LogP contribution is 2.63. The zero-order chi connectivity index (χ0) is 22.2. The summed E-state index contributed by atoms with van der Waals surface area (Å²) >= 11 is 0. The second-order valence-corrected chi connectivity index (χ2v) is 12.0. The molecule has 6 heteroatoms. The Labute approximate surface area is 184 Å². The van der Waals surface area contributed by atoms with Gasteiger partial charge in [0, 0.05) is 30.8 Å². The molecular formula is C25H39F2NO3. The lowest BCUT2D eigenvalue weighted by atomic mass is 9.44. The first-order chi connectivity index (χ1) is 14.6. The van der Waals surface area contributed by atoms with Gasteiger partial charge in [0.1, 0.15) is 0 Å². The molecule has 0 aromatic rings. The van der Waals surface area contributed by atoms with E-state index >= 15 is 0 Å². The Morgan fingerprint density at radius 1 is 0.903 bits per heavy atom. The maximum Gasteiger partial charge on any atom is 0.248 e. The van der Waals surface area contributed by atoms with E-state index in [1.807, 2.05) is 4.90 Å². The van der Waals surface area contributed by atoms with Gasteiger partial charge < -0.3 is 15.1 Å². The van der Waals surface area contributed by atoms with E-state index in [2.05, 4.69) is 13.8 Å². The van der Waals surface area contributed by atoms with Gasteiger partial charge in [-0.1, -0.05) is 6.92 Å². The molecule has 1 aliphatic heterocycles. The topological polar surface area (TPSA) is 60.8 Å². The number of halogens is 2. The van der Waals surface area contributed by atoms with Gasteiger partial charge in [-0.3, -0.25) is 4.79 Å². The number of alkyl halides is 2. The van der Waals surface area contributed by atoms with Crippen molar-refractivity contribution in [1.29, 1.82) is 0 Å². The van der Waals surface area contributed by atoms with Crippen LogP contribution in [0.15, 0.2) is 0 Å². The van der Waals surface area contributed by atoms with Gasteiger partial charge in [0.25, 0.3) is 0 Å². The summed E-state index contributed by atoms with van der Waals surface area (Å²) in [5, 5.41) is 21.0. The van der Waals surface area contributed by atoms with Crippen molar-refractivity contribution in [2.45, 2.75) is 108 Å². The monoisotopic (exact) mass is 439 g/mol. The van der Waals surface area contributed by atoms with E-state index in [4.69, 9.17) is 0 Å². The summed E-state index contributed by atoms with van der Waals surface area (Å²) in [7, 11) is 0. The van der Waals surface area contributed by atoms with Crippen molar-refractivity contribution in [3.63, 3.8) is 0 Å². The number of rotatable bonds is 1. The number of aliphatic hydroxyl groups excluding tert-OH is 2. The minimum atomic E-state index is -2.69. The summed E-state index contributed by atoms with van der Waals surface area (Å²) in [6, 6.07) is 0. The van der Waals surface area contributed by atoms with E-state index in [1.54, 1.807) is 0 Å². The van der Waals surface area contributed by atoms with Crippen LogP contribution in [-0.4, -0.2) is 51.2 Å². The fourth-order valence-electron chi connectivity index (χ4n) is 8.94. The van der Waals surface area contributed by atoms with Crippen molar-refractivity contribution < 1.29 is 23.8 Å². The first-order valence-corrected chi connectivity index (χ1v) is 12.6. The molecule has 176 valence electrons. The van der Waals surface area contributed by atoms with E-state index in [1.165, 1.54) is 0 Å². The van der Waals surface area contributed by atoms with Crippen LogP contribution in [0, 0.1) is 35.0 Å². The predicted molar refractivity (Wildman–Crippen MR) is 113 cm³/mol. The Balaban J connectivity index is 1.39. The van der Waals surface area contributed by atoms with E-state index in [0.29, 0.717) is 37.1 Å². The molecule has 5 fully saturated rings. The Morgan fingerprint density at radius 2 is 1.68 bits per heavy atom. The SMILES string of the molecule is CC12CCC(O)C(O)C1CCC1C2CCC2(C)C1CCCN2C(=O)C1CCC(F)(F)C1. The second-order valence-electron chi connectivity index (χ2n) is 12.0. The molecule has 5 aliphatic rings. The molecule has 31 heavy (non-hydrogen) atoms. The van der Waals surface area contributed by atoms with E-state index in [9.17, 15) is 23.8 Å². The van der Waals surface area contributed by atoms with Gasteiger partial charge in [0.05, 0.1) is 12.2 Å². The van der Waals surface area contributed by atoms with Crippen LogP contribution in [-0.2, 0) is 4.79 Å². The van der Waals surface area contributed by atoms with Crippen molar-refractivity contribution in [2.24, 2.45) is 35.0 Å². The maximum atomic E-state index is 13.8. The van der Waals surface area contributed by atoms with Gasteiger partial charge in [0.15, 0.2) is 0 Å². The number of fused-ring (bicyclic) bond motifs is 5. The van der Waals surface area contributed by atoms with Crippen LogP contribution in [0.25, 0.3) is 0 Å². The first kappa shape index (κ1) is 22.1. The third-order valence-corrected chi connectivity index (χ3v) is 10.6. The Morgan fingerprint density at radius 3 is 2.39 bits per heavy atom. The number of piperidine rings is 1. The maximum absolute atomic E-state index is 13.8. The van der Waals surface area contributed by atoms with Crippen molar-refractivity contribution in [2.75, 3.05) is 6.54 Å². The predicted octanol–water partition coefficient (Wildman–Crippen LogP) is 4.38. The number of hydrogen-bond acceptors (Lipinski definition) is 3. The molecule has 0 aromatic carbocycles. The van der Waals surface area contributed by atoms with Crippen LogP contribution in [0.2, 0.25) is 0 Å². The fourth-order valence-corrected chi connectivity index (χ4v) is 8.94. The molecular weight excluding hydrogens is 400 g/mol. The first-order valence-electron chi connectivity index (χ1n) is 12.6. The van der Waals surface area contributed by atoms with Gasteiger partial charge in [-0.2, -0.15) is 0 Å². The molecule has 5 rings (SSSR count). The fraction of sp³-hybridized carbons (Fsp3) is 0.960. The number of aliphatic hydroxyl groups is 2. The average molecular weight is 440 g/mol. The van der Waals surface area contributed by atoms with Crippen molar-refractivity contribution >= 4 is 5.91 Å². The highest BCUT2D eigenvalue weighted by atomic mass is 19.3. The summed E-state index contributed by atoms with van der Waals surface area (Å²) in [6.07, 6.45) is 6.27. The minimum Gasteiger partial charge on any atom is -0.390 e. The number of carbonyl (C=O) groups is 1. The lowest BCUT2D eigenvalue weighted by molar-refractivity contribution is -0.188. The van der Waals surface area contributed by atoms with Crippen LogP contribution < -0.4 is 0 Å². The number of amides is 1. The molecule has 0 bridgehead atoms. The van der Waals surface area contributed by atoms with E-state index in [-0.39, 0.29) is 35.6 Å². The molecule has 0 radical (unpaired) electrons. The highest BCUT2D eigenvalue weighted by Gasteiger charge is 2.61. The smallest absolute Gasteiger partial charge is 0.248 e. The zero-order valence-electron chi connectivity index (χ0n) is 19.0. The highest BCUT2D eigenvalue weighted by molar-refractivity contribution is 5.80. The lowest BCUT2D eigenvalue weighted by Crippen LogP contribution is -2.66. The van der Waals surface area contributed by atoms with Gasteiger partial charge in [-0.05, 0) is 93.8 Å². The largest absolute Gasteiger partial charge is 0.390 e. The summed E-state index contributed by atoms with van der Waals surface area (Å²) in [4.78, 5) is 15.4. The third-order valence-electron chi connectivity index (χ3n) is 10.6. The summed E-state index contributed by atoms with van der Waals surface area (Å²) in [5.41, 5.74) is -0.187. The molecule has 1 heterocycles. The molecule has 4 saturated carbocycles. The zero-order valence-corrected chi connectivity index (χ0v) is 19.0. The minimum absolute atomic E-state index is 0.0288. The second kappa shape index (κ2) is 7.38. The van der Waals surface area contributed by atoms with E-state index in [0.717, 1.165) is 44.9 Å². The Bertz CT molecular complexity index is 732. The number of nitrogens with zero attached hydrogens (tertiary/aromatic N) is 1. The molecule has 4 nitrogen and oxygen atoms in total. The lowest BCUT2D eigenvalue weighted by Gasteiger charge is -2.65. The van der Waals surface area contributed by atoms with Gasteiger partial charge in [-0.25, -0.2) is 8.78 Å². The summed E-state index contributed by atoms with van der Waals surface area (Å²) in [5.74, 6) is -1.64. The Hall–Kier alpha value is -0.750. The normalized spacial score (nSPS) is 51.5. The van der Waals surface area contributed by atoms with Crippen LogP contribution >= 0.6 is 0 Å². The van der Waals surface area contributed by atoms with E-state index < -0.39 is 24.0 Å². The quantitative estimate of drug-likeness (QED) is 0.638. The van der Waals surface area contributed by atoms with Crippen LogP contribution in [0.3, 0.4) is 0 Å². The summed E-state index contributed by atoms with van der Waals surface area (Å²) < 4.78 is 27.6. The number of carbonyl (C=O) groups excluding carboxylic acids is 1. The standard InChI is InChI=1S/C25H39F2NO3/c1-23-10-9-20(29)21(30)19(23)6-5-16-17(23)8-11-24(2)18(16)4-3-13-28(24)22(31)15-7-12-25(26,27)14-15/h15-21,29-30H,3-14H2,1-2H3. The number of hydrogen-bond donors (Lipinski definition) is 2. The molecule has 2 N–H and O–H groups in total. The van der Waals surface area contributed by atoms with Gasteiger partial charge in [-0.15, -0.1) is 0 Å². The van der Waals surface area contributed by atoms with Crippen molar-refractivity contribution in [3.05, 3.63) is 0 Å². The number of likely N-dealkylation sites (tertiary alicyclic amines) is 1. The molecule has 0 spiro atoms. The van der Waals surface area contributed by atoms with Crippen LogP contribution in [0.5, 0.6) is 0 Å². The molecule has 9 atom stereocenters. The van der Waals surface area contributed by atoms with Crippen LogP contribution in [0.1, 0.15) is 84.5 Å².